The predicted molar refractivity (Wildman–Crippen MR) is 87.9 cm³/mol. The number of nitrogens with zero attached hydrogens (tertiary/aromatic N) is 2. The number of methoxy groups -OCH3 is 1. The lowest BCUT2D eigenvalue weighted by Gasteiger charge is -2.13. The molecular formula is C17H23N3O3. The van der Waals surface area contributed by atoms with Crippen molar-refractivity contribution in [1.29, 1.82) is 0 Å². The van der Waals surface area contributed by atoms with Gasteiger partial charge in [-0.1, -0.05) is 6.92 Å². The Morgan fingerprint density at radius 2 is 2.00 bits per heavy atom. The topological polar surface area (TPSA) is 76.4 Å². The van der Waals surface area contributed by atoms with E-state index in [1.54, 1.807) is 31.0 Å². The van der Waals surface area contributed by atoms with Crippen molar-refractivity contribution in [3.63, 3.8) is 0 Å². The van der Waals surface area contributed by atoms with Gasteiger partial charge in [-0.05, 0) is 49.6 Å². The highest BCUT2D eigenvalue weighted by Gasteiger charge is 2.12. The van der Waals surface area contributed by atoms with E-state index in [0.29, 0.717) is 18.7 Å². The van der Waals surface area contributed by atoms with Gasteiger partial charge in [0.2, 0.25) is 0 Å². The van der Waals surface area contributed by atoms with E-state index in [4.69, 9.17) is 4.74 Å². The van der Waals surface area contributed by atoms with Crippen LogP contribution in [0.3, 0.4) is 0 Å². The molecule has 23 heavy (non-hydrogen) atoms. The quantitative estimate of drug-likeness (QED) is 0.819. The number of benzene rings is 1. The Labute approximate surface area is 136 Å². The van der Waals surface area contributed by atoms with Crippen LogP contribution in [-0.2, 0) is 0 Å². The van der Waals surface area contributed by atoms with Gasteiger partial charge in [0.15, 0.2) is 5.69 Å². The summed E-state index contributed by atoms with van der Waals surface area (Å²) in [7, 11) is 1.61. The van der Waals surface area contributed by atoms with Gasteiger partial charge in [-0.2, -0.15) is 5.10 Å². The third-order valence-corrected chi connectivity index (χ3v) is 3.51. The standard InChI is InChI=1S/C17H23N3O3/c1-12(10-13(2)21)11-18-17(22)16-8-9-20(19-16)14-4-6-15(23-3)7-5-14/h4-9,12-13,21H,10-11H2,1-3H3,(H,18,22). The van der Waals surface area contributed by atoms with Crippen molar-refractivity contribution in [1.82, 2.24) is 15.1 Å². The van der Waals surface area contributed by atoms with E-state index in [-0.39, 0.29) is 17.9 Å². The van der Waals surface area contributed by atoms with Crippen molar-refractivity contribution in [3.8, 4) is 11.4 Å². The second-order valence-electron chi connectivity index (χ2n) is 5.74. The van der Waals surface area contributed by atoms with Crippen LogP contribution in [0.4, 0.5) is 0 Å². The number of carbonyl (C=O) groups excluding carboxylic acids is 1. The molecule has 1 amide bonds. The number of carbonyl (C=O) groups is 1. The van der Waals surface area contributed by atoms with Crippen molar-refractivity contribution in [3.05, 3.63) is 42.2 Å². The van der Waals surface area contributed by atoms with Crippen molar-refractivity contribution >= 4 is 5.91 Å². The van der Waals surface area contributed by atoms with Gasteiger partial charge in [-0.15, -0.1) is 0 Å². The average Bonchev–Trinajstić information content (AvgIpc) is 3.02. The number of ether oxygens (including phenoxy) is 1. The molecule has 6 nitrogen and oxygen atoms in total. The summed E-state index contributed by atoms with van der Waals surface area (Å²) in [6, 6.07) is 9.11. The van der Waals surface area contributed by atoms with Gasteiger partial charge in [0.05, 0.1) is 18.9 Å². The van der Waals surface area contributed by atoms with E-state index in [0.717, 1.165) is 11.4 Å². The maximum atomic E-state index is 12.1. The minimum absolute atomic E-state index is 0.211. The maximum Gasteiger partial charge on any atom is 0.271 e. The van der Waals surface area contributed by atoms with Crippen LogP contribution in [0.5, 0.6) is 5.75 Å². The Morgan fingerprint density at radius 1 is 1.30 bits per heavy atom. The smallest absolute Gasteiger partial charge is 0.271 e. The van der Waals surface area contributed by atoms with Crippen LogP contribution < -0.4 is 10.1 Å². The highest BCUT2D eigenvalue weighted by Crippen LogP contribution is 2.14. The monoisotopic (exact) mass is 317 g/mol. The molecule has 2 aromatic rings. The van der Waals surface area contributed by atoms with Crippen LogP contribution >= 0.6 is 0 Å². The molecule has 0 saturated heterocycles. The van der Waals surface area contributed by atoms with Crippen molar-refractivity contribution in [2.75, 3.05) is 13.7 Å². The molecule has 1 aromatic heterocycles. The fraction of sp³-hybridized carbons (Fsp3) is 0.412. The first-order chi connectivity index (χ1) is 11.0. The Balaban J connectivity index is 1.96. The van der Waals surface area contributed by atoms with Crippen LogP contribution in [-0.4, -0.2) is 40.6 Å². The molecule has 1 aromatic carbocycles. The van der Waals surface area contributed by atoms with E-state index < -0.39 is 0 Å². The number of amides is 1. The number of hydrogen-bond acceptors (Lipinski definition) is 4. The number of aliphatic hydroxyl groups excluding tert-OH is 1. The molecule has 0 aliphatic carbocycles. The molecule has 2 rings (SSSR count). The summed E-state index contributed by atoms with van der Waals surface area (Å²) in [5, 5.41) is 16.5. The normalized spacial score (nSPS) is 13.4. The molecule has 0 aliphatic rings. The summed E-state index contributed by atoms with van der Waals surface area (Å²) in [5.74, 6) is 0.767. The zero-order valence-corrected chi connectivity index (χ0v) is 13.7. The molecule has 0 saturated carbocycles. The number of rotatable bonds is 7. The van der Waals surface area contributed by atoms with Crippen LogP contribution in [0.15, 0.2) is 36.5 Å². The Bertz CT molecular complexity index is 635. The molecule has 2 atom stereocenters. The molecule has 6 heteroatoms. The van der Waals surface area contributed by atoms with Crippen molar-refractivity contribution in [2.24, 2.45) is 5.92 Å². The van der Waals surface area contributed by atoms with E-state index in [1.807, 2.05) is 31.2 Å². The largest absolute Gasteiger partial charge is 0.497 e. The first-order valence-electron chi connectivity index (χ1n) is 7.66. The van der Waals surface area contributed by atoms with E-state index in [2.05, 4.69) is 10.4 Å². The molecular weight excluding hydrogens is 294 g/mol. The third-order valence-electron chi connectivity index (χ3n) is 3.51. The molecule has 0 spiro atoms. The Kier molecular flexibility index (Phi) is 5.76. The number of nitrogens with one attached hydrogen (secondary N) is 1. The minimum Gasteiger partial charge on any atom is -0.497 e. The van der Waals surface area contributed by atoms with Gasteiger partial charge in [-0.25, -0.2) is 4.68 Å². The second-order valence-corrected chi connectivity index (χ2v) is 5.74. The van der Waals surface area contributed by atoms with Crippen LogP contribution in [0.25, 0.3) is 5.69 Å². The van der Waals surface area contributed by atoms with Crippen LogP contribution in [0.1, 0.15) is 30.8 Å². The molecule has 0 radical (unpaired) electrons. The fourth-order valence-electron chi connectivity index (χ4n) is 2.35. The van der Waals surface area contributed by atoms with E-state index in [9.17, 15) is 9.90 Å². The number of aromatic nitrogens is 2. The summed E-state index contributed by atoms with van der Waals surface area (Å²) in [6.07, 6.45) is 2.03. The molecule has 1 heterocycles. The predicted octanol–water partition coefficient (Wildman–Crippen LogP) is 2.02. The highest BCUT2D eigenvalue weighted by atomic mass is 16.5. The summed E-state index contributed by atoms with van der Waals surface area (Å²) in [5.41, 5.74) is 1.22. The lowest BCUT2D eigenvalue weighted by molar-refractivity contribution is 0.0934. The van der Waals surface area contributed by atoms with Gasteiger partial charge in [-0.3, -0.25) is 4.79 Å². The van der Waals surface area contributed by atoms with Gasteiger partial charge in [0.25, 0.3) is 5.91 Å². The highest BCUT2D eigenvalue weighted by molar-refractivity contribution is 5.92. The molecule has 0 aliphatic heterocycles. The molecule has 0 fully saturated rings. The molecule has 2 N–H and O–H groups in total. The van der Waals surface area contributed by atoms with E-state index >= 15 is 0 Å². The second kappa shape index (κ2) is 7.78. The lowest BCUT2D eigenvalue weighted by Crippen LogP contribution is -2.29. The lowest BCUT2D eigenvalue weighted by atomic mass is 10.0. The maximum absolute atomic E-state index is 12.1. The minimum atomic E-state index is -0.365. The van der Waals surface area contributed by atoms with Gasteiger partial charge in [0, 0.05) is 12.7 Å². The first kappa shape index (κ1) is 17.0. The summed E-state index contributed by atoms with van der Waals surface area (Å²) >= 11 is 0. The number of hydrogen-bond donors (Lipinski definition) is 2. The Hall–Kier alpha value is -2.34. The van der Waals surface area contributed by atoms with E-state index in [1.165, 1.54) is 0 Å². The molecule has 2 unspecified atom stereocenters. The SMILES string of the molecule is COc1ccc(-n2ccc(C(=O)NCC(C)CC(C)O)n2)cc1. The fourth-order valence-corrected chi connectivity index (χ4v) is 2.35. The Morgan fingerprint density at radius 3 is 2.61 bits per heavy atom. The zero-order chi connectivity index (χ0) is 16.8. The first-order valence-corrected chi connectivity index (χ1v) is 7.66. The van der Waals surface area contributed by atoms with Crippen LogP contribution in [0.2, 0.25) is 0 Å². The number of aliphatic hydroxyl groups is 1. The molecule has 0 bridgehead atoms. The van der Waals surface area contributed by atoms with Crippen molar-refractivity contribution < 1.29 is 14.6 Å². The average molecular weight is 317 g/mol. The van der Waals surface area contributed by atoms with Gasteiger partial charge >= 0.3 is 0 Å². The van der Waals surface area contributed by atoms with Gasteiger partial charge < -0.3 is 15.2 Å². The van der Waals surface area contributed by atoms with Crippen molar-refractivity contribution in [2.45, 2.75) is 26.4 Å². The van der Waals surface area contributed by atoms with Gasteiger partial charge in [0.1, 0.15) is 5.75 Å². The third kappa shape index (κ3) is 4.82. The summed E-state index contributed by atoms with van der Waals surface area (Å²) in [4.78, 5) is 12.1. The summed E-state index contributed by atoms with van der Waals surface area (Å²) < 4.78 is 6.77. The zero-order valence-electron chi connectivity index (χ0n) is 13.7. The van der Waals surface area contributed by atoms with Crippen LogP contribution in [0, 0.1) is 5.92 Å². The molecule has 124 valence electrons. The summed E-state index contributed by atoms with van der Waals surface area (Å²) in [6.45, 7) is 4.25.